The van der Waals surface area contributed by atoms with E-state index < -0.39 is 0 Å². The summed E-state index contributed by atoms with van der Waals surface area (Å²) in [5.41, 5.74) is 8.24. The molecule has 1 aromatic carbocycles. The van der Waals surface area contributed by atoms with E-state index in [1.807, 2.05) is 35.4 Å². The third-order valence-electron chi connectivity index (χ3n) is 6.95. The Hall–Kier alpha value is -3.27. The number of aromatic amines is 1. The first-order valence-electron chi connectivity index (χ1n) is 12.3. The molecule has 0 radical (unpaired) electrons. The van der Waals surface area contributed by atoms with Crippen LogP contribution in [0.5, 0.6) is 0 Å². The molecule has 0 bridgehead atoms. The van der Waals surface area contributed by atoms with Crippen LogP contribution in [0.3, 0.4) is 0 Å². The van der Waals surface area contributed by atoms with Crippen LogP contribution in [0.1, 0.15) is 79.7 Å². The number of nitrogens with two attached hydrogens (primary N) is 1. The number of amides is 2. The van der Waals surface area contributed by atoms with Crippen LogP contribution < -0.4 is 11.1 Å². The fraction of sp³-hybridized carbons (Fsp3) is 0.542. The molecule has 2 aromatic heterocycles. The van der Waals surface area contributed by atoms with Gasteiger partial charge in [0.15, 0.2) is 5.82 Å². The topological polar surface area (TPSA) is 131 Å². The maximum absolute atomic E-state index is 12.9. The number of hydrogen-bond donors (Lipinski definition) is 3. The van der Waals surface area contributed by atoms with Crippen molar-refractivity contribution < 1.29 is 4.79 Å². The van der Waals surface area contributed by atoms with Gasteiger partial charge in [0.2, 0.25) is 0 Å². The zero-order valence-electron chi connectivity index (χ0n) is 19.5. The first-order chi connectivity index (χ1) is 16.7. The van der Waals surface area contributed by atoms with Crippen molar-refractivity contribution in [3.63, 3.8) is 0 Å². The van der Waals surface area contributed by atoms with Crippen LogP contribution in [-0.4, -0.2) is 54.2 Å². The number of piperidine rings is 1. The first-order valence-corrected chi connectivity index (χ1v) is 12.3. The Morgan fingerprint density at radius 2 is 2.00 bits per heavy atom. The van der Waals surface area contributed by atoms with Gasteiger partial charge in [-0.05, 0) is 43.4 Å². The second-order valence-corrected chi connectivity index (χ2v) is 9.39. The summed E-state index contributed by atoms with van der Waals surface area (Å²) in [5.74, 6) is 2.58. The summed E-state index contributed by atoms with van der Waals surface area (Å²) in [4.78, 5) is 19.7. The van der Waals surface area contributed by atoms with Crippen molar-refractivity contribution in [3.05, 3.63) is 53.4 Å². The molecule has 3 aromatic rings. The van der Waals surface area contributed by atoms with Crippen molar-refractivity contribution in [1.82, 2.24) is 40.4 Å². The molecule has 180 valence electrons. The van der Waals surface area contributed by atoms with Crippen LogP contribution in [0.15, 0.2) is 30.5 Å². The normalized spacial score (nSPS) is 19.3. The molecule has 34 heavy (non-hydrogen) atoms. The van der Waals surface area contributed by atoms with Gasteiger partial charge in [0, 0.05) is 38.0 Å². The zero-order chi connectivity index (χ0) is 23.3. The number of carbonyl (C=O) groups is 1. The van der Waals surface area contributed by atoms with E-state index in [4.69, 9.17) is 10.7 Å². The minimum Gasteiger partial charge on any atom is -0.334 e. The summed E-state index contributed by atoms with van der Waals surface area (Å²) in [5, 5.41) is 18.9. The molecular weight excluding hydrogens is 430 g/mol. The molecule has 1 unspecified atom stereocenters. The van der Waals surface area contributed by atoms with E-state index >= 15 is 0 Å². The molecule has 3 heterocycles. The first kappa shape index (κ1) is 22.5. The number of nitrogens with one attached hydrogen (secondary N) is 2. The van der Waals surface area contributed by atoms with Crippen molar-refractivity contribution in [2.45, 2.75) is 69.9 Å². The zero-order valence-corrected chi connectivity index (χ0v) is 19.5. The molecule has 2 fully saturated rings. The van der Waals surface area contributed by atoms with Crippen LogP contribution in [0, 0.1) is 0 Å². The average molecular weight is 464 g/mol. The molecule has 1 aliphatic heterocycles. The molecule has 2 amide bonds. The molecule has 1 saturated heterocycles. The highest BCUT2D eigenvalue weighted by atomic mass is 16.2. The number of H-pyrrole nitrogens is 1. The van der Waals surface area contributed by atoms with Crippen molar-refractivity contribution in [3.8, 4) is 5.69 Å². The van der Waals surface area contributed by atoms with E-state index in [-0.39, 0.29) is 11.9 Å². The lowest BCUT2D eigenvalue weighted by atomic mass is 9.89. The highest BCUT2D eigenvalue weighted by Crippen LogP contribution is 2.32. The van der Waals surface area contributed by atoms with Gasteiger partial charge in [0.1, 0.15) is 5.82 Å². The highest BCUT2D eigenvalue weighted by Gasteiger charge is 2.28. The summed E-state index contributed by atoms with van der Waals surface area (Å²) >= 11 is 0. The highest BCUT2D eigenvalue weighted by molar-refractivity contribution is 5.74. The summed E-state index contributed by atoms with van der Waals surface area (Å²) < 4.78 is 1.70. The lowest BCUT2D eigenvalue weighted by Crippen LogP contribution is -2.44. The summed E-state index contributed by atoms with van der Waals surface area (Å²) in [7, 11) is 0. The Morgan fingerprint density at radius 1 is 1.15 bits per heavy atom. The molecule has 0 spiro atoms. The predicted molar refractivity (Wildman–Crippen MR) is 127 cm³/mol. The van der Waals surface area contributed by atoms with E-state index in [1.54, 1.807) is 4.68 Å². The standard InChI is InChI=1S/C24H33N9O/c25-13-20-16-33(31-28-20)21-10-4-6-17(12-21)14-26-24(34)32-11-5-9-19(15-32)23-27-22(29-30-23)18-7-2-1-3-8-18/h4,6,10,12,16,18-19H,1-3,5,7-9,11,13-15,25H2,(H,26,34)(H,27,29,30). The molecule has 4 N–H and O–H groups in total. The molecule has 10 heteroatoms. The van der Waals surface area contributed by atoms with Crippen molar-refractivity contribution in [2.75, 3.05) is 13.1 Å². The number of carbonyl (C=O) groups excluding carboxylic acids is 1. The molecule has 10 nitrogen and oxygen atoms in total. The average Bonchev–Trinajstić information content (AvgIpc) is 3.58. The van der Waals surface area contributed by atoms with Gasteiger partial charge in [-0.2, -0.15) is 5.10 Å². The Kier molecular flexibility index (Phi) is 6.84. The Balaban J connectivity index is 1.17. The van der Waals surface area contributed by atoms with Gasteiger partial charge in [0.25, 0.3) is 0 Å². The second kappa shape index (κ2) is 10.3. The van der Waals surface area contributed by atoms with E-state index in [2.05, 4.69) is 25.8 Å². The minimum absolute atomic E-state index is 0.0516. The maximum Gasteiger partial charge on any atom is 0.317 e. The van der Waals surface area contributed by atoms with Gasteiger partial charge in [-0.25, -0.2) is 14.5 Å². The third-order valence-corrected chi connectivity index (χ3v) is 6.95. The number of rotatable bonds is 6. The number of urea groups is 1. The predicted octanol–water partition coefficient (Wildman–Crippen LogP) is 2.98. The lowest BCUT2D eigenvalue weighted by Gasteiger charge is -2.31. The monoisotopic (exact) mass is 463 g/mol. The number of hydrogen-bond acceptors (Lipinski definition) is 6. The van der Waals surface area contributed by atoms with Crippen LogP contribution >= 0.6 is 0 Å². The molecule has 1 atom stereocenters. The van der Waals surface area contributed by atoms with Crippen LogP contribution in [0.4, 0.5) is 4.79 Å². The van der Waals surface area contributed by atoms with E-state index in [1.165, 1.54) is 32.1 Å². The van der Waals surface area contributed by atoms with Gasteiger partial charge in [-0.1, -0.05) is 36.6 Å². The fourth-order valence-electron chi connectivity index (χ4n) is 5.02. The SMILES string of the molecule is NCc1cn(-c2cccc(CNC(=O)N3CCCC(c4n[nH]c(C5CCCCC5)n4)C3)c2)nn1. The van der Waals surface area contributed by atoms with Gasteiger partial charge in [0.05, 0.1) is 17.6 Å². The molecule has 5 rings (SSSR count). The number of benzene rings is 1. The smallest absolute Gasteiger partial charge is 0.317 e. The Bertz CT molecular complexity index is 1100. The van der Waals surface area contributed by atoms with Gasteiger partial charge in [-0.3, -0.25) is 5.10 Å². The molecule has 1 aliphatic carbocycles. The van der Waals surface area contributed by atoms with Crippen molar-refractivity contribution in [1.29, 1.82) is 0 Å². The largest absolute Gasteiger partial charge is 0.334 e. The number of aromatic nitrogens is 6. The van der Waals surface area contributed by atoms with Gasteiger partial charge >= 0.3 is 6.03 Å². The summed E-state index contributed by atoms with van der Waals surface area (Å²) in [6, 6.07) is 7.83. The van der Waals surface area contributed by atoms with Crippen LogP contribution in [0.2, 0.25) is 0 Å². The molecule has 1 saturated carbocycles. The lowest BCUT2D eigenvalue weighted by molar-refractivity contribution is 0.178. The van der Waals surface area contributed by atoms with Gasteiger partial charge < -0.3 is 16.0 Å². The van der Waals surface area contributed by atoms with Crippen molar-refractivity contribution >= 4 is 6.03 Å². The molecule has 2 aliphatic rings. The fourth-order valence-corrected chi connectivity index (χ4v) is 5.02. The van der Waals surface area contributed by atoms with E-state index in [0.717, 1.165) is 48.0 Å². The van der Waals surface area contributed by atoms with Crippen molar-refractivity contribution in [2.24, 2.45) is 5.73 Å². The third kappa shape index (κ3) is 5.11. The minimum atomic E-state index is -0.0516. The Morgan fingerprint density at radius 3 is 2.82 bits per heavy atom. The second-order valence-electron chi connectivity index (χ2n) is 9.39. The van der Waals surface area contributed by atoms with Gasteiger partial charge in [-0.15, -0.1) is 5.10 Å². The van der Waals surface area contributed by atoms with E-state index in [0.29, 0.717) is 25.6 Å². The number of likely N-dealkylation sites (tertiary alicyclic amines) is 1. The number of nitrogens with zero attached hydrogens (tertiary/aromatic N) is 6. The van der Waals surface area contributed by atoms with E-state index in [9.17, 15) is 4.79 Å². The summed E-state index contributed by atoms with van der Waals surface area (Å²) in [6.07, 6.45) is 10.0. The summed E-state index contributed by atoms with van der Waals surface area (Å²) in [6.45, 7) is 2.19. The van der Waals surface area contributed by atoms with Crippen LogP contribution in [0.25, 0.3) is 5.69 Å². The molecular formula is C24H33N9O. The Labute approximate surface area is 199 Å². The van der Waals surface area contributed by atoms with Crippen LogP contribution in [-0.2, 0) is 13.1 Å². The maximum atomic E-state index is 12.9. The quantitative estimate of drug-likeness (QED) is 0.515.